The Hall–Kier alpha value is -2.26. The highest BCUT2D eigenvalue weighted by Crippen LogP contribution is 2.65. The van der Waals surface area contributed by atoms with Crippen molar-refractivity contribution in [3.8, 4) is 0 Å². The number of hydrogen-bond donors (Lipinski definition) is 0. The maximum atomic E-state index is 13.5. The lowest BCUT2D eigenvalue weighted by Crippen LogP contribution is -2.58. The second-order valence-corrected chi connectivity index (χ2v) is 12.4. The molecule has 1 aromatic carbocycles. The Morgan fingerprint density at radius 2 is 1.77 bits per heavy atom. The molecule has 8 nitrogen and oxygen atoms in total. The molecule has 0 radical (unpaired) electrons. The van der Waals surface area contributed by atoms with Gasteiger partial charge in [-0.25, -0.2) is 0 Å². The van der Waals surface area contributed by atoms with Crippen LogP contribution in [0.25, 0.3) is 0 Å². The first kappa shape index (κ1) is 23.2. The molecule has 4 saturated carbocycles. The number of benzene rings is 1. The van der Waals surface area contributed by atoms with Crippen molar-refractivity contribution < 1.29 is 9.72 Å². The number of piperazine rings is 1. The largest absolute Gasteiger partial charge is 0.404 e. The molecule has 2 heterocycles. The topological polar surface area (TPSA) is 84.5 Å². The molecule has 2 aromatic rings. The van der Waals surface area contributed by atoms with Gasteiger partial charge in [0, 0.05) is 39.1 Å². The fourth-order valence-corrected chi connectivity index (χ4v) is 8.43. The van der Waals surface area contributed by atoms with Crippen LogP contribution in [0.5, 0.6) is 0 Å². The van der Waals surface area contributed by atoms with Gasteiger partial charge in [0.1, 0.15) is 4.47 Å². The maximum absolute atomic E-state index is 13.5. The number of carbonyl (C=O) groups is 1. The van der Waals surface area contributed by atoms with Crippen LogP contribution in [0.3, 0.4) is 0 Å². The summed E-state index contributed by atoms with van der Waals surface area (Å²) in [6.07, 6.45) is 8.77. The number of carbonyl (C=O) groups excluding carboxylic acids is 1. The van der Waals surface area contributed by atoms with Gasteiger partial charge < -0.3 is 15.0 Å². The van der Waals surface area contributed by atoms with E-state index >= 15 is 0 Å². The number of nitro groups is 1. The van der Waals surface area contributed by atoms with Gasteiger partial charge in [-0.15, -0.1) is 0 Å². The van der Waals surface area contributed by atoms with E-state index in [1.165, 1.54) is 12.0 Å². The van der Waals surface area contributed by atoms with Crippen molar-refractivity contribution in [2.45, 2.75) is 57.0 Å². The molecule has 5 fully saturated rings. The van der Waals surface area contributed by atoms with Crippen LogP contribution in [-0.4, -0.2) is 56.6 Å². The van der Waals surface area contributed by atoms with E-state index in [1.54, 1.807) is 6.20 Å². The van der Waals surface area contributed by atoms with E-state index in [2.05, 4.69) is 55.1 Å². The zero-order valence-corrected chi connectivity index (χ0v) is 21.5. The molecule has 1 aromatic heterocycles. The normalized spacial score (nSPS) is 32.2. The summed E-state index contributed by atoms with van der Waals surface area (Å²) in [5, 5.41) is 15.8. The van der Waals surface area contributed by atoms with Crippen LogP contribution in [0.15, 0.2) is 41.0 Å². The predicted octanol–water partition coefficient (Wildman–Crippen LogP) is 4.58. The first-order chi connectivity index (χ1) is 16.8. The van der Waals surface area contributed by atoms with Crippen LogP contribution in [0.1, 0.15) is 50.5 Å². The van der Waals surface area contributed by atoms with Gasteiger partial charge in [0.15, 0.2) is 0 Å². The van der Waals surface area contributed by atoms with Crippen LogP contribution in [0, 0.1) is 27.4 Å². The van der Waals surface area contributed by atoms with E-state index in [4.69, 9.17) is 0 Å². The fourth-order valence-electron chi connectivity index (χ4n) is 8.02. The number of aromatic nitrogens is 2. The van der Waals surface area contributed by atoms with Crippen molar-refractivity contribution in [1.29, 1.82) is 0 Å². The van der Waals surface area contributed by atoms with Crippen LogP contribution >= 0.6 is 15.9 Å². The standard InChI is InChI=1S/C26H32BrN5O3/c27-22-17-31(28-24(22)32(34)35)26-13-20-10-21(14-26)12-25(11-20,18-26)15-23(33)30-8-6-29(7-9-30)16-19-4-2-1-3-5-19/h1-5,17,20-21H,6-16,18H2. The quantitative estimate of drug-likeness (QED) is 0.394. The highest BCUT2D eigenvalue weighted by atomic mass is 79.9. The molecule has 1 saturated heterocycles. The van der Waals surface area contributed by atoms with Crippen molar-refractivity contribution in [1.82, 2.24) is 19.6 Å². The Morgan fingerprint density at radius 3 is 2.40 bits per heavy atom. The molecular weight excluding hydrogens is 510 g/mol. The van der Waals surface area contributed by atoms with Crippen LogP contribution < -0.4 is 0 Å². The third-order valence-electron chi connectivity index (χ3n) is 8.96. The van der Waals surface area contributed by atoms with Crippen molar-refractivity contribution in [2.24, 2.45) is 17.3 Å². The molecular formula is C26H32BrN5O3. The number of nitrogens with zero attached hydrogens (tertiary/aromatic N) is 5. The summed E-state index contributed by atoms with van der Waals surface area (Å²) in [5.41, 5.74) is 1.11. The van der Waals surface area contributed by atoms with Gasteiger partial charge in [-0.3, -0.25) is 9.69 Å². The monoisotopic (exact) mass is 541 g/mol. The lowest BCUT2D eigenvalue weighted by atomic mass is 9.46. The number of amides is 1. The van der Waals surface area contributed by atoms with Gasteiger partial charge in [-0.1, -0.05) is 30.3 Å². The Bertz CT molecular complexity index is 1110. The molecule has 186 valence electrons. The summed E-state index contributed by atoms with van der Waals surface area (Å²) in [6.45, 7) is 4.34. The summed E-state index contributed by atoms with van der Waals surface area (Å²) in [7, 11) is 0. The van der Waals surface area contributed by atoms with E-state index in [1.807, 2.05) is 10.7 Å². The highest BCUT2D eigenvalue weighted by Gasteiger charge is 2.60. The Balaban J connectivity index is 1.14. The molecule has 7 rings (SSSR count). The number of hydrogen-bond acceptors (Lipinski definition) is 5. The smallest absolute Gasteiger partial charge is 0.358 e. The van der Waals surface area contributed by atoms with Gasteiger partial charge in [-0.2, -0.15) is 4.68 Å². The van der Waals surface area contributed by atoms with Crippen molar-refractivity contribution >= 4 is 27.7 Å². The Kier molecular flexibility index (Phi) is 5.75. The zero-order valence-electron chi connectivity index (χ0n) is 19.9. The molecule has 0 N–H and O–H groups in total. The highest BCUT2D eigenvalue weighted by molar-refractivity contribution is 9.10. The fraction of sp³-hybridized carbons (Fsp3) is 0.615. The summed E-state index contributed by atoms with van der Waals surface area (Å²) < 4.78 is 2.32. The summed E-state index contributed by atoms with van der Waals surface area (Å²) >= 11 is 3.34. The number of rotatable bonds is 6. The minimum absolute atomic E-state index is 0.00442. The molecule has 1 aliphatic heterocycles. The molecule has 0 spiro atoms. The van der Waals surface area contributed by atoms with Gasteiger partial charge in [0.25, 0.3) is 0 Å². The van der Waals surface area contributed by atoms with Crippen molar-refractivity contribution in [3.05, 3.63) is 56.7 Å². The van der Waals surface area contributed by atoms with Crippen LogP contribution in [0.2, 0.25) is 0 Å². The zero-order chi connectivity index (χ0) is 24.2. The lowest BCUT2D eigenvalue weighted by Gasteiger charge is -2.61. The SMILES string of the molecule is O=C(CC12CC3CC(C1)CC(n1cc(Br)c([N+](=O)[O-])n1)(C3)C2)N1CCN(Cc2ccccc2)CC1. The summed E-state index contributed by atoms with van der Waals surface area (Å²) in [4.78, 5) is 29.0. The predicted molar refractivity (Wildman–Crippen MR) is 135 cm³/mol. The second kappa shape index (κ2) is 8.69. The van der Waals surface area contributed by atoms with Gasteiger partial charge in [0.2, 0.25) is 5.91 Å². The summed E-state index contributed by atoms with van der Waals surface area (Å²) in [5.74, 6) is 1.33. The molecule has 5 aliphatic rings. The second-order valence-electron chi connectivity index (χ2n) is 11.5. The number of halogens is 1. The van der Waals surface area contributed by atoms with Crippen molar-refractivity contribution in [3.63, 3.8) is 0 Å². The molecule has 9 heteroatoms. The molecule has 2 atom stereocenters. The van der Waals surface area contributed by atoms with E-state index in [9.17, 15) is 14.9 Å². The first-order valence-corrected chi connectivity index (χ1v) is 13.6. The minimum atomic E-state index is -0.419. The Labute approximate surface area is 213 Å². The van der Waals surface area contributed by atoms with E-state index in [0.717, 1.165) is 64.8 Å². The van der Waals surface area contributed by atoms with Gasteiger partial charge in [-0.05, 0) is 82.2 Å². The Morgan fingerprint density at radius 1 is 1.09 bits per heavy atom. The minimum Gasteiger partial charge on any atom is -0.358 e. The molecule has 2 unspecified atom stereocenters. The van der Waals surface area contributed by atoms with Gasteiger partial charge >= 0.3 is 5.82 Å². The van der Waals surface area contributed by atoms with E-state index in [0.29, 0.717) is 22.7 Å². The molecule has 1 amide bonds. The molecule has 4 bridgehead atoms. The molecule has 4 aliphatic carbocycles. The lowest BCUT2D eigenvalue weighted by molar-refractivity contribution is -0.390. The van der Waals surface area contributed by atoms with Crippen LogP contribution in [0.4, 0.5) is 5.82 Å². The average molecular weight is 542 g/mol. The van der Waals surface area contributed by atoms with Crippen molar-refractivity contribution in [2.75, 3.05) is 26.2 Å². The van der Waals surface area contributed by atoms with E-state index in [-0.39, 0.29) is 22.7 Å². The van der Waals surface area contributed by atoms with Gasteiger partial charge in [0.05, 0.1) is 16.8 Å². The maximum Gasteiger partial charge on any atom is 0.404 e. The van der Waals surface area contributed by atoms with E-state index < -0.39 is 4.92 Å². The third kappa shape index (κ3) is 4.31. The summed E-state index contributed by atoms with van der Waals surface area (Å²) in [6, 6.07) is 10.5. The first-order valence-electron chi connectivity index (χ1n) is 12.8. The average Bonchev–Trinajstić information content (AvgIpc) is 3.22. The third-order valence-corrected chi connectivity index (χ3v) is 9.52. The van der Waals surface area contributed by atoms with Crippen LogP contribution in [-0.2, 0) is 16.9 Å². The molecule has 35 heavy (non-hydrogen) atoms.